The second kappa shape index (κ2) is 9.83. The fourth-order valence-electron chi connectivity index (χ4n) is 6.28. The van der Waals surface area contributed by atoms with Crippen molar-refractivity contribution < 1.29 is 18.1 Å². The highest BCUT2D eigenvalue weighted by Gasteiger charge is 2.20. The summed E-state index contributed by atoms with van der Waals surface area (Å²) in [4.78, 5) is 14.8. The van der Waals surface area contributed by atoms with Gasteiger partial charge in [-0.1, -0.05) is 103 Å². The summed E-state index contributed by atoms with van der Waals surface area (Å²) in [5.41, 5.74) is 2.95. The summed E-state index contributed by atoms with van der Waals surface area (Å²) in [5.74, 6) is 0.873. The fraction of sp³-hybridized carbons (Fsp3) is 0.0250. The molecule has 5 nitrogen and oxygen atoms in total. The molecular weight excluding hydrogens is 585 g/mol. The molecule has 0 bridgehead atoms. The van der Waals surface area contributed by atoms with E-state index in [1.165, 1.54) is 0 Å². The second-order valence-corrected chi connectivity index (χ2v) is 11.9. The number of hydrogen-bond acceptors (Lipinski definition) is 5. The van der Waals surface area contributed by atoms with Crippen molar-refractivity contribution in [2.75, 3.05) is 0 Å². The molecular formula is C40H24N4OS. The number of furan rings is 1. The minimum Gasteiger partial charge on any atom is -0.456 e. The highest BCUT2D eigenvalue weighted by molar-refractivity contribution is 7.26. The number of benzene rings is 6. The lowest BCUT2D eigenvalue weighted by atomic mass is 10.1. The minimum atomic E-state index is -0.515. The average molecular weight is 619 g/mol. The van der Waals surface area contributed by atoms with E-state index in [2.05, 4.69) is 0 Å². The molecule has 0 aliphatic heterocycles. The van der Waals surface area contributed by atoms with Gasteiger partial charge in [0.2, 0.25) is 0 Å². The van der Waals surface area contributed by atoms with Gasteiger partial charge in [-0.2, -0.15) is 0 Å². The van der Waals surface area contributed by atoms with E-state index in [0.29, 0.717) is 33.9 Å². The molecule has 0 radical (unpaired) electrons. The van der Waals surface area contributed by atoms with Crippen molar-refractivity contribution in [3.8, 4) is 22.8 Å². The quantitative estimate of drug-likeness (QED) is 0.197. The summed E-state index contributed by atoms with van der Waals surface area (Å²) >= 11 is 0.973. The largest absolute Gasteiger partial charge is 0.456 e. The average Bonchev–Trinajstić information content (AvgIpc) is 3.90. The van der Waals surface area contributed by atoms with E-state index in [1.807, 2.05) is 72.8 Å². The van der Waals surface area contributed by atoms with E-state index < -0.39 is 30.2 Å². The maximum absolute atomic E-state index is 9.26. The Kier molecular flexibility index (Phi) is 3.76. The van der Waals surface area contributed by atoms with Crippen LogP contribution in [0.3, 0.4) is 0 Å². The molecule has 0 aliphatic carbocycles. The molecule has 0 fully saturated rings. The van der Waals surface area contributed by atoms with Gasteiger partial charge < -0.3 is 8.98 Å². The van der Waals surface area contributed by atoms with Crippen molar-refractivity contribution in [1.29, 1.82) is 0 Å². The van der Waals surface area contributed by atoms with E-state index in [9.17, 15) is 1.37 Å². The number of para-hydroxylation sites is 2. The predicted octanol–water partition coefficient (Wildman–Crippen LogP) is 10.6. The fourth-order valence-corrected chi connectivity index (χ4v) is 7.24. The van der Waals surface area contributed by atoms with Crippen LogP contribution in [0, 0.1) is 0 Å². The summed E-state index contributed by atoms with van der Waals surface area (Å²) in [6.07, 6.45) is 0. The Morgan fingerprint density at radius 1 is 0.609 bits per heavy atom. The molecule has 6 heteroatoms. The first kappa shape index (κ1) is 17.6. The normalized spacial score (nSPS) is 15.0. The summed E-state index contributed by atoms with van der Waals surface area (Å²) in [6, 6.07) is 18.7. The molecule has 216 valence electrons. The molecule has 0 unspecified atom stereocenters. The van der Waals surface area contributed by atoms with Crippen LogP contribution in [-0.2, 0) is 6.54 Å². The molecule has 10 rings (SSSR count). The lowest BCUT2D eigenvalue weighted by Crippen LogP contribution is -2.08. The Hall–Kier alpha value is -5.85. The van der Waals surface area contributed by atoms with E-state index in [-0.39, 0.29) is 84.6 Å². The van der Waals surface area contributed by atoms with E-state index in [4.69, 9.17) is 31.7 Å². The number of nitrogens with zero attached hydrogens (tertiary/aromatic N) is 4. The number of rotatable bonds is 4. The van der Waals surface area contributed by atoms with Gasteiger partial charge in [-0.15, -0.1) is 11.3 Å². The van der Waals surface area contributed by atoms with Gasteiger partial charge >= 0.3 is 0 Å². The number of fused-ring (bicyclic) bond motifs is 10. The molecule has 0 spiro atoms. The van der Waals surface area contributed by atoms with Gasteiger partial charge in [-0.25, -0.2) is 15.0 Å². The summed E-state index contributed by atoms with van der Waals surface area (Å²) in [6.45, 7) is -0.200. The molecule has 10 aromatic rings. The SMILES string of the molecule is [2H]c1c([2H])c([2H])c2c(sc3c([2H])c([2H])c4c5c([2H])c([2H])c([2H])c([2H])c5n(Cc5nc(-c6ccccc6)nc(-c6cccc7oc8ccccc8c67)n5)c4c32)c1[2H]. The standard InChI is InChI=1S/C40H24N4OS/c1-2-11-24(12-3-1)39-41-35(42-40(43-39)29-16-10-19-32-36(29)27-14-5-8-18-31(27)45-32)23-44-30-17-7-4-13-25(30)26-21-22-34-37(38(26)44)28-15-6-9-20-33(28)46-34/h1-22H,23H2/i4D,6D,7D,9D,13D,15D,17D,20D,21D,22D. The first-order valence-electron chi connectivity index (χ1n) is 19.5. The summed E-state index contributed by atoms with van der Waals surface area (Å²) in [7, 11) is 0. The van der Waals surface area contributed by atoms with Crippen molar-refractivity contribution in [2.45, 2.75) is 6.54 Å². The smallest absolute Gasteiger partial charge is 0.164 e. The molecule has 4 heterocycles. The first-order chi connectivity index (χ1) is 27.0. The van der Waals surface area contributed by atoms with Gasteiger partial charge in [0.15, 0.2) is 17.5 Å². The lowest BCUT2D eigenvalue weighted by molar-refractivity contribution is 0.669. The highest BCUT2D eigenvalue weighted by Crippen LogP contribution is 2.42. The van der Waals surface area contributed by atoms with Crippen molar-refractivity contribution in [2.24, 2.45) is 0 Å². The molecule has 0 atom stereocenters. The molecule has 0 amide bonds. The Bertz CT molecular complexity index is 3360. The highest BCUT2D eigenvalue weighted by atomic mass is 32.1. The maximum Gasteiger partial charge on any atom is 0.164 e. The van der Waals surface area contributed by atoms with Gasteiger partial charge in [-0.3, -0.25) is 0 Å². The number of aromatic nitrogens is 4. The van der Waals surface area contributed by atoms with Gasteiger partial charge in [0.25, 0.3) is 0 Å². The van der Waals surface area contributed by atoms with Crippen LogP contribution < -0.4 is 0 Å². The zero-order valence-corrected chi connectivity index (χ0v) is 24.6. The third-order valence-corrected chi connectivity index (χ3v) is 9.24. The molecule has 0 aliphatic rings. The van der Waals surface area contributed by atoms with Crippen LogP contribution in [0.25, 0.3) is 86.7 Å². The van der Waals surface area contributed by atoms with Crippen molar-refractivity contribution in [3.63, 3.8) is 0 Å². The molecule has 0 N–H and O–H groups in total. The molecule has 6 aromatic carbocycles. The Labute approximate surface area is 281 Å². The Morgan fingerprint density at radius 2 is 1.39 bits per heavy atom. The number of thiophene rings is 1. The number of hydrogen-bond donors (Lipinski definition) is 0. The lowest BCUT2D eigenvalue weighted by Gasteiger charge is -2.12. The predicted molar refractivity (Wildman–Crippen MR) is 189 cm³/mol. The van der Waals surface area contributed by atoms with Gasteiger partial charge in [-0.05, 0) is 30.3 Å². The third-order valence-electron chi connectivity index (χ3n) is 8.22. The van der Waals surface area contributed by atoms with Crippen LogP contribution in [0.5, 0.6) is 0 Å². The minimum absolute atomic E-state index is 0.0128. The zero-order chi connectivity index (χ0) is 38.9. The van der Waals surface area contributed by atoms with Gasteiger partial charge in [0.05, 0.1) is 25.8 Å². The third kappa shape index (κ3) is 3.77. The Morgan fingerprint density at radius 3 is 2.33 bits per heavy atom. The van der Waals surface area contributed by atoms with Crippen LogP contribution in [0.15, 0.2) is 138 Å². The molecule has 0 saturated heterocycles. The van der Waals surface area contributed by atoms with Crippen LogP contribution in [0.4, 0.5) is 0 Å². The van der Waals surface area contributed by atoms with Gasteiger partial charge in [0, 0.05) is 58.4 Å². The second-order valence-electron chi connectivity index (χ2n) is 10.8. The van der Waals surface area contributed by atoms with Crippen molar-refractivity contribution in [1.82, 2.24) is 19.5 Å². The zero-order valence-electron chi connectivity index (χ0n) is 33.7. The van der Waals surface area contributed by atoms with Crippen LogP contribution >= 0.6 is 11.3 Å². The van der Waals surface area contributed by atoms with Crippen molar-refractivity contribution in [3.05, 3.63) is 139 Å². The van der Waals surface area contributed by atoms with E-state index in [0.717, 1.165) is 22.1 Å². The molecule has 4 aromatic heterocycles. The maximum atomic E-state index is 9.26. The molecule has 46 heavy (non-hydrogen) atoms. The van der Waals surface area contributed by atoms with Crippen LogP contribution in [-0.4, -0.2) is 19.5 Å². The van der Waals surface area contributed by atoms with Crippen LogP contribution in [0.2, 0.25) is 0 Å². The van der Waals surface area contributed by atoms with E-state index >= 15 is 0 Å². The summed E-state index contributed by atoms with van der Waals surface area (Å²) < 4.78 is 96.6. The topological polar surface area (TPSA) is 56.7 Å². The molecule has 0 saturated carbocycles. The van der Waals surface area contributed by atoms with Crippen molar-refractivity contribution >= 4 is 75.3 Å². The summed E-state index contributed by atoms with van der Waals surface area (Å²) in [5, 5.41) is 2.11. The Balaban J connectivity index is 1.35. The van der Waals surface area contributed by atoms with Crippen LogP contribution in [0.1, 0.15) is 19.5 Å². The van der Waals surface area contributed by atoms with E-state index in [1.54, 1.807) is 4.57 Å². The van der Waals surface area contributed by atoms with Gasteiger partial charge in [0.1, 0.15) is 11.2 Å². The first-order valence-corrected chi connectivity index (χ1v) is 15.3. The monoisotopic (exact) mass is 618 g/mol.